The predicted octanol–water partition coefficient (Wildman–Crippen LogP) is 4.06. The quantitative estimate of drug-likeness (QED) is 0.341. The third-order valence-electron chi connectivity index (χ3n) is 3.75. The molecule has 0 fully saturated rings. The van der Waals surface area contributed by atoms with Gasteiger partial charge in [-0.25, -0.2) is 0 Å². The molecule has 0 atom stereocenters. The lowest BCUT2D eigenvalue weighted by Crippen LogP contribution is -2.35. The van der Waals surface area contributed by atoms with Crippen molar-refractivity contribution in [2.24, 2.45) is 0 Å². The van der Waals surface area contributed by atoms with Crippen molar-refractivity contribution in [1.82, 2.24) is 5.32 Å². The largest absolute Gasteiger partial charge is 0.490 e. The summed E-state index contributed by atoms with van der Waals surface area (Å²) in [6, 6.07) is 6.85. The van der Waals surface area contributed by atoms with Gasteiger partial charge in [0.1, 0.15) is 12.4 Å². The van der Waals surface area contributed by atoms with Crippen LogP contribution in [0, 0.1) is 0 Å². The molecule has 0 aliphatic heterocycles. The van der Waals surface area contributed by atoms with Crippen LogP contribution in [0.1, 0.15) is 51.9 Å². The molecule has 0 heterocycles. The van der Waals surface area contributed by atoms with Crippen LogP contribution in [0.4, 0.5) is 5.69 Å². The van der Waals surface area contributed by atoms with Crippen molar-refractivity contribution in [2.45, 2.75) is 51.9 Å². The second-order valence-electron chi connectivity index (χ2n) is 5.96. The Kier molecular flexibility index (Phi) is 10.8. The molecule has 5 nitrogen and oxygen atoms in total. The Hall–Kier alpha value is -2.30. The first-order valence-electron chi connectivity index (χ1n) is 9.10. The second kappa shape index (κ2) is 13.0. The van der Waals surface area contributed by atoms with Crippen molar-refractivity contribution >= 4 is 17.5 Å². The first-order valence-corrected chi connectivity index (χ1v) is 9.10. The van der Waals surface area contributed by atoms with E-state index in [9.17, 15) is 9.59 Å². The van der Waals surface area contributed by atoms with Crippen molar-refractivity contribution in [1.29, 1.82) is 0 Å². The van der Waals surface area contributed by atoms with Gasteiger partial charge in [-0.2, -0.15) is 0 Å². The Bertz CT molecular complexity index is 526. The van der Waals surface area contributed by atoms with Gasteiger partial charge in [-0.1, -0.05) is 58.1 Å². The number of rotatable bonds is 12. The highest BCUT2D eigenvalue weighted by Gasteiger charge is 2.12. The molecular weight excluding hydrogens is 316 g/mol. The summed E-state index contributed by atoms with van der Waals surface area (Å²) >= 11 is 0. The minimum Gasteiger partial charge on any atom is -0.490 e. The molecular formula is C20H30N2O3. The fourth-order valence-electron chi connectivity index (χ4n) is 2.34. The number of ether oxygens (including phenoxy) is 1. The summed E-state index contributed by atoms with van der Waals surface area (Å²) in [6.45, 7) is 6.74. The predicted molar refractivity (Wildman–Crippen MR) is 102 cm³/mol. The van der Waals surface area contributed by atoms with E-state index in [1.165, 1.54) is 32.1 Å². The number of amides is 2. The molecule has 138 valence electrons. The van der Waals surface area contributed by atoms with E-state index in [-0.39, 0.29) is 0 Å². The van der Waals surface area contributed by atoms with Gasteiger partial charge in [0, 0.05) is 12.2 Å². The SMILES string of the molecule is C=CCOc1ccc(NC(=O)C(=O)NCCCCCCCCC)cc1. The molecule has 0 aliphatic carbocycles. The molecule has 1 aromatic rings. The average molecular weight is 346 g/mol. The van der Waals surface area contributed by atoms with Gasteiger partial charge < -0.3 is 15.4 Å². The summed E-state index contributed by atoms with van der Waals surface area (Å²) < 4.78 is 5.36. The topological polar surface area (TPSA) is 67.4 Å². The van der Waals surface area contributed by atoms with Gasteiger partial charge >= 0.3 is 11.8 Å². The highest BCUT2D eigenvalue weighted by atomic mass is 16.5. The smallest absolute Gasteiger partial charge is 0.313 e. The third kappa shape index (κ3) is 9.55. The van der Waals surface area contributed by atoms with Gasteiger partial charge in [-0.15, -0.1) is 0 Å². The fourth-order valence-corrected chi connectivity index (χ4v) is 2.34. The number of carbonyl (C=O) groups excluding carboxylic acids is 2. The van der Waals surface area contributed by atoms with Crippen molar-refractivity contribution < 1.29 is 14.3 Å². The van der Waals surface area contributed by atoms with Crippen LogP contribution in [-0.4, -0.2) is 25.0 Å². The first kappa shape index (κ1) is 20.7. The number of benzene rings is 1. The van der Waals surface area contributed by atoms with Crippen molar-refractivity contribution in [3.8, 4) is 5.75 Å². The maximum Gasteiger partial charge on any atom is 0.313 e. The van der Waals surface area contributed by atoms with E-state index in [0.717, 1.165) is 12.8 Å². The van der Waals surface area contributed by atoms with Crippen LogP contribution in [-0.2, 0) is 9.59 Å². The van der Waals surface area contributed by atoms with Gasteiger partial charge in [0.05, 0.1) is 0 Å². The summed E-state index contributed by atoms with van der Waals surface area (Å²) in [7, 11) is 0. The van der Waals surface area contributed by atoms with Crippen LogP contribution in [0.2, 0.25) is 0 Å². The molecule has 0 saturated carbocycles. The maximum atomic E-state index is 11.8. The third-order valence-corrected chi connectivity index (χ3v) is 3.75. The van der Waals surface area contributed by atoms with Crippen molar-refractivity contribution in [3.05, 3.63) is 36.9 Å². The second-order valence-corrected chi connectivity index (χ2v) is 5.96. The normalized spacial score (nSPS) is 10.1. The molecule has 0 saturated heterocycles. The average Bonchev–Trinajstić information content (AvgIpc) is 2.63. The highest BCUT2D eigenvalue weighted by Crippen LogP contribution is 2.15. The van der Waals surface area contributed by atoms with Crippen LogP contribution in [0.25, 0.3) is 0 Å². The molecule has 0 aliphatic rings. The molecule has 0 spiro atoms. The zero-order chi connectivity index (χ0) is 18.3. The molecule has 2 N–H and O–H groups in total. The molecule has 2 amide bonds. The molecule has 0 aromatic heterocycles. The van der Waals surface area contributed by atoms with E-state index in [2.05, 4.69) is 24.1 Å². The minimum absolute atomic E-state index is 0.423. The number of anilines is 1. The Morgan fingerprint density at radius 1 is 1.00 bits per heavy atom. The minimum atomic E-state index is -0.650. The Morgan fingerprint density at radius 3 is 2.28 bits per heavy atom. The monoisotopic (exact) mass is 346 g/mol. The fraction of sp³-hybridized carbons (Fsp3) is 0.500. The summed E-state index contributed by atoms with van der Waals surface area (Å²) in [4.78, 5) is 23.6. The van der Waals surface area contributed by atoms with E-state index in [1.54, 1.807) is 30.3 Å². The van der Waals surface area contributed by atoms with Crippen LogP contribution >= 0.6 is 0 Å². The van der Waals surface area contributed by atoms with Crippen molar-refractivity contribution in [3.63, 3.8) is 0 Å². The van der Waals surface area contributed by atoms with Crippen molar-refractivity contribution in [2.75, 3.05) is 18.5 Å². The van der Waals surface area contributed by atoms with Gasteiger partial charge in [-0.3, -0.25) is 9.59 Å². The van der Waals surface area contributed by atoms with Crippen LogP contribution in [0.3, 0.4) is 0 Å². The molecule has 5 heteroatoms. The Balaban J connectivity index is 2.19. The van der Waals surface area contributed by atoms with Crippen LogP contribution in [0.15, 0.2) is 36.9 Å². The molecule has 0 radical (unpaired) electrons. The van der Waals surface area contributed by atoms with E-state index in [4.69, 9.17) is 4.74 Å². The standard InChI is InChI=1S/C20H30N2O3/c1-3-5-6-7-8-9-10-15-21-19(23)20(24)22-17-11-13-18(14-12-17)25-16-4-2/h4,11-14H,2-3,5-10,15-16H2,1H3,(H,21,23)(H,22,24). The van der Waals surface area contributed by atoms with E-state index < -0.39 is 11.8 Å². The maximum absolute atomic E-state index is 11.8. The summed E-state index contributed by atoms with van der Waals surface area (Å²) in [6.07, 6.45) is 9.89. The lowest BCUT2D eigenvalue weighted by atomic mass is 10.1. The van der Waals surface area contributed by atoms with Gasteiger partial charge in [0.2, 0.25) is 0 Å². The van der Waals surface area contributed by atoms with E-state index in [0.29, 0.717) is 24.6 Å². The highest BCUT2D eigenvalue weighted by molar-refractivity contribution is 6.39. The zero-order valence-corrected chi connectivity index (χ0v) is 15.2. The summed E-state index contributed by atoms with van der Waals surface area (Å²) in [5.41, 5.74) is 0.557. The molecule has 0 unspecified atom stereocenters. The van der Waals surface area contributed by atoms with Gasteiger partial charge in [-0.05, 0) is 30.7 Å². The molecule has 1 aromatic carbocycles. The van der Waals surface area contributed by atoms with Gasteiger partial charge in [0.25, 0.3) is 0 Å². The first-order chi connectivity index (χ1) is 12.2. The molecule has 1 rings (SSSR count). The number of nitrogens with one attached hydrogen (secondary N) is 2. The molecule has 25 heavy (non-hydrogen) atoms. The number of carbonyl (C=O) groups is 2. The summed E-state index contributed by atoms with van der Waals surface area (Å²) in [5, 5.41) is 5.23. The van der Waals surface area contributed by atoms with Crippen LogP contribution < -0.4 is 15.4 Å². The summed E-state index contributed by atoms with van der Waals surface area (Å²) in [5.74, 6) is -0.568. The number of hydrogen-bond donors (Lipinski definition) is 2. The zero-order valence-electron chi connectivity index (χ0n) is 15.2. The van der Waals surface area contributed by atoms with E-state index in [1.807, 2.05) is 0 Å². The Morgan fingerprint density at radius 2 is 1.64 bits per heavy atom. The number of hydrogen-bond acceptors (Lipinski definition) is 3. The Labute approximate surface area is 150 Å². The lowest BCUT2D eigenvalue weighted by Gasteiger charge is -2.08. The molecule has 0 bridgehead atoms. The number of unbranched alkanes of at least 4 members (excludes halogenated alkanes) is 6. The lowest BCUT2D eigenvalue weighted by molar-refractivity contribution is -0.136. The van der Waals surface area contributed by atoms with E-state index >= 15 is 0 Å². The van der Waals surface area contributed by atoms with Crippen LogP contribution in [0.5, 0.6) is 5.75 Å². The van der Waals surface area contributed by atoms with Gasteiger partial charge in [0.15, 0.2) is 0 Å².